The molecule has 1 aliphatic rings. The van der Waals surface area contributed by atoms with Crippen molar-refractivity contribution in [3.8, 4) is 0 Å². The van der Waals surface area contributed by atoms with E-state index in [2.05, 4.69) is 58.0 Å². The van der Waals surface area contributed by atoms with Crippen LogP contribution in [0.3, 0.4) is 0 Å². The molecule has 1 heteroatoms. The van der Waals surface area contributed by atoms with Gasteiger partial charge in [0.2, 0.25) is 0 Å². The highest BCUT2D eigenvalue weighted by atomic mass is 14.9. The van der Waals surface area contributed by atoms with Crippen LogP contribution in [0.25, 0.3) is 0 Å². The molecule has 1 aromatic rings. The molecule has 0 saturated carbocycles. The summed E-state index contributed by atoms with van der Waals surface area (Å²) in [7, 11) is 0. The summed E-state index contributed by atoms with van der Waals surface area (Å²) >= 11 is 0. The Morgan fingerprint density at radius 3 is 2.44 bits per heavy atom. The van der Waals surface area contributed by atoms with Gasteiger partial charge in [-0.3, -0.25) is 4.99 Å². The fourth-order valence-electron chi connectivity index (χ4n) is 3.04. The fraction of sp³-hybridized carbons (Fsp3) is 0.533. The van der Waals surface area contributed by atoms with Gasteiger partial charge in [-0.05, 0) is 24.8 Å². The van der Waals surface area contributed by atoms with Crippen molar-refractivity contribution in [1.29, 1.82) is 0 Å². The zero-order valence-corrected chi connectivity index (χ0v) is 10.7. The van der Waals surface area contributed by atoms with Crippen LogP contribution in [0.15, 0.2) is 35.3 Å². The van der Waals surface area contributed by atoms with E-state index >= 15 is 0 Å². The van der Waals surface area contributed by atoms with Crippen LogP contribution in [0.2, 0.25) is 0 Å². The SMILES string of the molecule is CC1=N[C@@H](C(C)C)[C@@](C)(c2ccccc2)C1. The summed E-state index contributed by atoms with van der Waals surface area (Å²) in [4.78, 5) is 4.83. The molecule has 0 amide bonds. The minimum atomic E-state index is 0.194. The quantitative estimate of drug-likeness (QED) is 0.711. The average Bonchev–Trinajstić information content (AvgIpc) is 2.57. The molecular weight excluding hydrogens is 194 g/mol. The van der Waals surface area contributed by atoms with Gasteiger partial charge < -0.3 is 0 Å². The van der Waals surface area contributed by atoms with Crippen LogP contribution in [0.1, 0.15) is 39.7 Å². The van der Waals surface area contributed by atoms with Gasteiger partial charge in [-0.2, -0.15) is 0 Å². The van der Waals surface area contributed by atoms with Crippen molar-refractivity contribution in [2.75, 3.05) is 0 Å². The molecular formula is C15H21N. The second kappa shape index (κ2) is 4.04. The number of benzene rings is 1. The van der Waals surface area contributed by atoms with E-state index in [1.807, 2.05) is 0 Å². The van der Waals surface area contributed by atoms with Crippen LogP contribution in [0, 0.1) is 5.92 Å². The molecule has 16 heavy (non-hydrogen) atoms. The summed E-state index contributed by atoms with van der Waals surface area (Å²) in [5.74, 6) is 0.600. The van der Waals surface area contributed by atoms with Crippen molar-refractivity contribution in [2.45, 2.75) is 45.6 Å². The van der Waals surface area contributed by atoms with Crippen molar-refractivity contribution in [3.63, 3.8) is 0 Å². The molecule has 2 atom stereocenters. The lowest BCUT2D eigenvalue weighted by molar-refractivity contribution is 0.337. The normalized spacial score (nSPS) is 29.6. The molecule has 0 fully saturated rings. The fourth-order valence-corrected chi connectivity index (χ4v) is 3.04. The van der Waals surface area contributed by atoms with Gasteiger partial charge in [0.15, 0.2) is 0 Å². The van der Waals surface area contributed by atoms with Crippen LogP contribution in [0.4, 0.5) is 0 Å². The first-order valence-corrected chi connectivity index (χ1v) is 6.13. The smallest absolute Gasteiger partial charge is 0.0619 e. The molecule has 1 nitrogen and oxygen atoms in total. The highest BCUT2D eigenvalue weighted by Gasteiger charge is 2.41. The molecule has 0 spiro atoms. The number of hydrogen-bond donors (Lipinski definition) is 0. The first kappa shape index (κ1) is 11.4. The largest absolute Gasteiger partial charge is 0.290 e. The Morgan fingerprint density at radius 2 is 1.88 bits per heavy atom. The first-order valence-electron chi connectivity index (χ1n) is 6.13. The lowest BCUT2D eigenvalue weighted by Gasteiger charge is -2.33. The Hall–Kier alpha value is -1.11. The van der Waals surface area contributed by atoms with E-state index in [4.69, 9.17) is 4.99 Å². The third-order valence-electron chi connectivity index (χ3n) is 3.70. The van der Waals surface area contributed by atoms with E-state index < -0.39 is 0 Å². The van der Waals surface area contributed by atoms with Crippen molar-refractivity contribution in [3.05, 3.63) is 35.9 Å². The number of aliphatic imine (C=N–C) groups is 1. The molecule has 0 aliphatic carbocycles. The Kier molecular flexibility index (Phi) is 2.88. The van der Waals surface area contributed by atoms with Crippen LogP contribution in [-0.2, 0) is 5.41 Å². The molecule has 86 valence electrons. The predicted molar refractivity (Wildman–Crippen MR) is 70.1 cm³/mol. The van der Waals surface area contributed by atoms with Gasteiger partial charge >= 0.3 is 0 Å². The van der Waals surface area contributed by atoms with Gasteiger partial charge in [0.05, 0.1) is 6.04 Å². The van der Waals surface area contributed by atoms with Crippen LogP contribution in [0.5, 0.6) is 0 Å². The maximum atomic E-state index is 4.83. The van der Waals surface area contributed by atoms with E-state index in [9.17, 15) is 0 Å². The van der Waals surface area contributed by atoms with Gasteiger partial charge in [0.25, 0.3) is 0 Å². The molecule has 1 aliphatic heterocycles. The summed E-state index contributed by atoms with van der Waals surface area (Å²) in [5, 5.41) is 0. The van der Waals surface area contributed by atoms with E-state index in [0.717, 1.165) is 6.42 Å². The van der Waals surface area contributed by atoms with Gasteiger partial charge in [-0.25, -0.2) is 0 Å². The average molecular weight is 215 g/mol. The lowest BCUT2D eigenvalue weighted by Crippen LogP contribution is -2.35. The standard InChI is InChI=1S/C15H21N/c1-11(2)14-15(4,10-12(3)16-14)13-8-6-5-7-9-13/h5-9,11,14H,10H2,1-4H3/t14-,15+/m0/s1. The van der Waals surface area contributed by atoms with Gasteiger partial charge in [-0.15, -0.1) is 0 Å². The van der Waals surface area contributed by atoms with Crippen molar-refractivity contribution >= 4 is 5.71 Å². The number of nitrogens with zero attached hydrogens (tertiary/aromatic N) is 1. The Bertz CT molecular complexity index is 391. The third kappa shape index (κ3) is 1.79. The predicted octanol–water partition coefficient (Wildman–Crippen LogP) is 3.83. The topological polar surface area (TPSA) is 12.4 Å². The molecule has 0 aromatic heterocycles. The third-order valence-corrected chi connectivity index (χ3v) is 3.70. The van der Waals surface area contributed by atoms with Crippen molar-refractivity contribution in [2.24, 2.45) is 10.9 Å². The first-order chi connectivity index (χ1) is 7.54. The number of rotatable bonds is 2. The van der Waals surface area contributed by atoms with Gasteiger partial charge in [0, 0.05) is 11.1 Å². The van der Waals surface area contributed by atoms with E-state index in [-0.39, 0.29) is 5.41 Å². The highest BCUT2D eigenvalue weighted by molar-refractivity contribution is 5.86. The van der Waals surface area contributed by atoms with E-state index in [1.165, 1.54) is 11.3 Å². The zero-order valence-electron chi connectivity index (χ0n) is 10.7. The van der Waals surface area contributed by atoms with Gasteiger partial charge in [0.1, 0.15) is 0 Å². The maximum Gasteiger partial charge on any atom is 0.0619 e. The molecule has 0 saturated heterocycles. The van der Waals surface area contributed by atoms with Gasteiger partial charge in [-0.1, -0.05) is 51.1 Å². The van der Waals surface area contributed by atoms with Crippen molar-refractivity contribution in [1.82, 2.24) is 0 Å². The molecule has 1 aromatic carbocycles. The highest BCUT2D eigenvalue weighted by Crippen LogP contribution is 2.41. The minimum Gasteiger partial charge on any atom is -0.290 e. The van der Waals surface area contributed by atoms with Crippen LogP contribution in [-0.4, -0.2) is 11.8 Å². The summed E-state index contributed by atoms with van der Waals surface area (Å²) in [6.07, 6.45) is 1.10. The Morgan fingerprint density at radius 1 is 1.25 bits per heavy atom. The van der Waals surface area contributed by atoms with Crippen molar-refractivity contribution < 1.29 is 0 Å². The summed E-state index contributed by atoms with van der Waals surface area (Å²) < 4.78 is 0. The molecule has 2 rings (SSSR count). The zero-order chi connectivity index (χ0) is 11.8. The van der Waals surface area contributed by atoms with Crippen LogP contribution < -0.4 is 0 Å². The second-order valence-electron chi connectivity index (χ2n) is 5.51. The minimum absolute atomic E-state index is 0.194. The summed E-state index contributed by atoms with van der Waals surface area (Å²) in [5.41, 5.74) is 2.92. The molecule has 0 radical (unpaired) electrons. The molecule has 1 heterocycles. The number of hydrogen-bond acceptors (Lipinski definition) is 1. The Balaban J connectivity index is 2.39. The lowest BCUT2D eigenvalue weighted by atomic mass is 9.71. The second-order valence-corrected chi connectivity index (χ2v) is 5.51. The molecule has 0 unspecified atom stereocenters. The molecule has 0 bridgehead atoms. The van der Waals surface area contributed by atoms with Crippen LogP contribution >= 0.6 is 0 Å². The monoisotopic (exact) mass is 215 g/mol. The Labute approximate surface area is 98.6 Å². The summed E-state index contributed by atoms with van der Waals surface area (Å²) in [6.45, 7) is 9.05. The molecule has 0 N–H and O–H groups in total. The van der Waals surface area contributed by atoms with E-state index in [0.29, 0.717) is 12.0 Å². The maximum absolute atomic E-state index is 4.83. The summed E-state index contributed by atoms with van der Waals surface area (Å²) in [6, 6.07) is 11.2. The van der Waals surface area contributed by atoms with E-state index in [1.54, 1.807) is 0 Å².